The van der Waals surface area contributed by atoms with Gasteiger partial charge in [0.25, 0.3) is 11.5 Å². The van der Waals surface area contributed by atoms with Gasteiger partial charge in [0.15, 0.2) is 0 Å². The summed E-state index contributed by atoms with van der Waals surface area (Å²) in [4.78, 5) is 34.8. The van der Waals surface area contributed by atoms with Crippen LogP contribution in [-0.2, 0) is 16.1 Å². The van der Waals surface area contributed by atoms with Crippen molar-refractivity contribution in [2.24, 2.45) is 5.41 Å². The average Bonchev–Trinajstić information content (AvgIpc) is 2.65. The molecule has 0 aliphatic rings. The second-order valence-corrected chi connectivity index (χ2v) is 5.79. The SMILES string of the molecule is CC(C=O)(CCn1ccc(C#Cc2ccccc2)cc1=O)C(=O)NO. The van der Waals surface area contributed by atoms with Gasteiger partial charge in [-0.3, -0.25) is 14.8 Å². The fourth-order valence-electron chi connectivity index (χ4n) is 2.14. The van der Waals surface area contributed by atoms with Gasteiger partial charge in [-0.05, 0) is 31.5 Å². The molecule has 128 valence electrons. The highest BCUT2D eigenvalue weighted by molar-refractivity contribution is 5.95. The number of carbonyl (C=O) groups excluding carboxylic acids is 2. The van der Waals surface area contributed by atoms with Crippen LogP contribution in [0, 0.1) is 17.3 Å². The van der Waals surface area contributed by atoms with Crippen LogP contribution in [0.1, 0.15) is 24.5 Å². The Hall–Kier alpha value is -3.17. The van der Waals surface area contributed by atoms with Crippen LogP contribution in [0.4, 0.5) is 0 Å². The Labute approximate surface area is 145 Å². The van der Waals surface area contributed by atoms with E-state index < -0.39 is 11.3 Å². The Morgan fingerprint density at radius 3 is 2.52 bits per heavy atom. The summed E-state index contributed by atoms with van der Waals surface area (Å²) in [6.45, 7) is 1.56. The number of benzene rings is 1. The molecular weight excluding hydrogens is 320 g/mol. The molecule has 2 rings (SSSR count). The highest BCUT2D eigenvalue weighted by Crippen LogP contribution is 2.19. The fourth-order valence-corrected chi connectivity index (χ4v) is 2.14. The van der Waals surface area contributed by atoms with Crippen molar-refractivity contribution in [2.75, 3.05) is 0 Å². The van der Waals surface area contributed by atoms with Crippen LogP contribution in [0.3, 0.4) is 0 Å². The molecule has 0 saturated heterocycles. The van der Waals surface area contributed by atoms with Gasteiger partial charge >= 0.3 is 0 Å². The van der Waals surface area contributed by atoms with Gasteiger partial charge in [-0.1, -0.05) is 30.0 Å². The Bertz CT molecular complexity index is 878. The summed E-state index contributed by atoms with van der Waals surface area (Å²) in [5.41, 5.74) is 1.22. The number of nitrogens with zero attached hydrogens (tertiary/aromatic N) is 1. The Morgan fingerprint density at radius 2 is 1.92 bits per heavy atom. The van der Waals surface area contributed by atoms with Crippen LogP contribution in [0.5, 0.6) is 0 Å². The van der Waals surface area contributed by atoms with Crippen molar-refractivity contribution in [1.29, 1.82) is 0 Å². The van der Waals surface area contributed by atoms with E-state index in [2.05, 4.69) is 11.8 Å². The lowest BCUT2D eigenvalue weighted by atomic mass is 9.88. The summed E-state index contributed by atoms with van der Waals surface area (Å²) in [6.07, 6.45) is 2.11. The van der Waals surface area contributed by atoms with Crippen LogP contribution >= 0.6 is 0 Å². The number of aryl methyl sites for hydroxylation is 1. The predicted molar refractivity (Wildman–Crippen MR) is 91.8 cm³/mol. The van der Waals surface area contributed by atoms with Gasteiger partial charge in [-0.2, -0.15) is 0 Å². The molecule has 6 nitrogen and oxygen atoms in total. The number of rotatable bonds is 5. The Morgan fingerprint density at radius 1 is 1.24 bits per heavy atom. The molecule has 2 aromatic rings. The standard InChI is InChI=1S/C19H18N2O4/c1-19(14-22,18(24)20-25)10-12-21-11-9-16(13-17(21)23)8-7-15-5-3-2-4-6-15/h2-6,9,11,13-14,25H,10,12H2,1H3,(H,20,24). The number of hydroxylamine groups is 1. The van der Waals surface area contributed by atoms with Crippen LogP contribution < -0.4 is 11.0 Å². The third-order valence-electron chi connectivity index (χ3n) is 3.87. The second kappa shape index (κ2) is 8.08. The zero-order valence-corrected chi connectivity index (χ0v) is 13.7. The van der Waals surface area contributed by atoms with E-state index in [9.17, 15) is 14.4 Å². The van der Waals surface area contributed by atoms with Gasteiger partial charge in [0, 0.05) is 29.9 Å². The summed E-state index contributed by atoms with van der Waals surface area (Å²) in [6, 6.07) is 12.5. The molecule has 1 heterocycles. The molecule has 0 fully saturated rings. The highest BCUT2D eigenvalue weighted by Gasteiger charge is 2.32. The van der Waals surface area contributed by atoms with E-state index >= 15 is 0 Å². The van der Waals surface area contributed by atoms with Crippen LogP contribution in [0.15, 0.2) is 53.5 Å². The summed E-state index contributed by atoms with van der Waals surface area (Å²) in [5, 5.41) is 8.70. The van der Waals surface area contributed by atoms with Gasteiger partial charge < -0.3 is 9.36 Å². The van der Waals surface area contributed by atoms with E-state index in [4.69, 9.17) is 5.21 Å². The van der Waals surface area contributed by atoms with Gasteiger partial charge in [-0.15, -0.1) is 0 Å². The molecule has 0 aliphatic heterocycles. The highest BCUT2D eigenvalue weighted by atomic mass is 16.5. The zero-order valence-electron chi connectivity index (χ0n) is 13.7. The monoisotopic (exact) mass is 338 g/mol. The maximum absolute atomic E-state index is 12.2. The van der Waals surface area contributed by atoms with Crippen LogP contribution in [0.25, 0.3) is 0 Å². The number of amides is 1. The molecule has 1 aromatic heterocycles. The minimum Gasteiger partial charge on any atom is -0.315 e. The zero-order chi connectivity index (χ0) is 18.3. The quantitative estimate of drug-likeness (QED) is 0.283. The number of hydrogen-bond acceptors (Lipinski definition) is 4. The normalized spacial score (nSPS) is 12.4. The lowest BCUT2D eigenvalue weighted by Crippen LogP contribution is -2.39. The first kappa shape index (κ1) is 18.2. The molecule has 6 heteroatoms. The van der Waals surface area contributed by atoms with E-state index in [0.29, 0.717) is 11.8 Å². The number of nitrogens with one attached hydrogen (secondary N) is 1. The Kier molecular flexibility index (Phi) is 5.88. The van der Waals surface area contributed by atoms with Crippen molar-refractivity contribution in [3.63, 3.8) is 0 Å². The third kappa shape index (κ3) is 4.66. The molecule has 0 saturated carbocycles. The Balaban J connectivity index is 2.13. The topological polar surface area (TPSA) is 88.4 Å². The molecule has 2 N–H and O–H groups in total. The molecule has 0 radical (unpaired) electrons. The maximum atomic E-state index is 12.2. The summed E-state index contributed by atoms with van der Waals surface area (Å²) >= 11 is 0. The minimum atomic E-state index is -1.40. The van der Waals surface area contributed by atoms with Gasteiger partial charge in [0.05, 0.1) is 0 Å². The summed E-state index contributed by atoms with van der Waals surface area (Å²) in [5.74, 6) is 5.09. The van der Waals surface area contributed by atoms with E-state index in [1.54, 1.807) is 12.3 Å². The number of carbonyl (C=O) groups is 2. The van der Waals surface area contributed by atoms with Crippen molar-refractivity contribution in [3.05, 3.63) is 70.1 Å². The van der Waals surface area contributed by atoms with Crippen molar-refractivity contribution in [1.82, 2.24) is 10.0 Å². The molecule has 25 heavy (non-hydrogen) atoms. The lowest BCUT2D eigenvalue weighted by molar-refractivity contribution is -0.143. The van der Waals surface area contributed by atoms with Crippen molar-refractivity contribution < 1.29 is 14.8 Å². The smallest absolute Gasteiger partial charge is 0.256 e. The number of aromatic nitrogens is 1. The number of aldehydes is 1. The van der Waals surface area contributed by atoms with E-state index in [1.165, 1.54) is 23.0 Å². The number of pyridine rings is 1. The first-order chi connectivity index (χ1) is 12.0. The van der Waals surface area contributed by atoms with E-state index in [0.717, 1.165) is 5.56 Å². The molecule has 1 aromatic carbocycles. The van der Waals surface area contributed by atoms with Crippen molar-refractivity contribution in [2.45, 2.75) is 19.9 Å². The maximum Gasteiger partial charge on any atom is 0.256 e. The van der Waals surface area contributed by atoms with Gasteiger partial charge in [-0.25, -0.2) is 5.48 Å². The van der Waals surface area contributed by atoms with E-state index in [1.807, 2.05) is 30.3 Å². The van der Waals surface area contributed by atoms with Gasteiger partial charge in [0.2, 0.25) is 0 Å². The lowest BCUT2D eigenvalue weighted by Gasteiger charge is -2.20. The average molecular weight is 338 g/mol. The third-order valence-corrected chi connectivity index (χ3v) is 3.87. The first-order valence-electron chi connectivity index (χ1n) is 7.67. The summed E-state index contributed by atoms with van der Waals surface area (Å²) in [7, 11) is 0. The van der Waals surface area contributed by atoms with Crippen molar-refractivity contribution in [3.8, 4) is 11.8 Å². The van der Waals surface area contributed by atoms with Crippen LogP contribution in [0.2, 0.25) is 0 Å². The van der Waals surface area contributed by atoms with Gasteiger partial charge in [0.1, 0.15) is 11.7 Å². The first-order valence-corrected chi connectivity index (χ1v) is 7.67. The molecule has 0 bridgehead atoms. The molecule has 1 atom stereocenters. The molecule has 0 spiro atoms. The predicted octanol–water partition coefficient (Wildman–Crippen LogP) is 1.35. The second-order valence-electron chi connectivity index (χ2n) is 5.79. The fraction of sp³-hybridized carbons (Fsp3) is 0.211. The molecule has 1 unspecified atom stereocenters. The minimum absolute atomic E-state index is 0.0812. The molecule has 0 aliphatic carbocycles. The summed E-state index contributed by atoms with van der Waals surface area (Å²) < 4.78 is 1.39. The van der Waals surface area contributed by atoms with Crippen LogP contribution in [-0.4, -0.2) is 22.0 Å². The molecular formula is C19H18N2O4. The van der Waals surface area contributed by atoms with E-state index in [-0.39, 0.29) is 18.5 Å². The largest absolute Gasteiger partial charge is 0.315 e. The van der Waals surface area contributed by atoms with Crippen molar-refractivity contribution >= 4 is 12.2 Å². The number of hydrogen-bond donors (Lipinski definition) is 2. The molecule has 1 amide bonds.